The fourth-order valence-electron chi connectivity index (χ4n) is 3.08. The van der Waals surface area contributed by atoms with Crippen molar-refractivity contribution in [3.63, 3.8) is 0 Å². The standard InChI is InChI=1S/C23H21Cl2N5O3/c1-14-13-16(7-8-18(14)24)33-15(2)23(31)26-11-12-32-21-10-9-20-27-28-22(30(20)29-21)17-5-3-4-6-19(17)25/h3-10,13,15H,11-12H2,1-2H3,(H,26,31). The molecule has 0 aliphatic carbocycles. The number of halogens is 2. The monoisotopic (exact) mass is 485 g/mol. The Morgan fingerprint density at radius 2 is 1.91 bits per heavy atom. The molecule has 0 aliphatic rings. The van der Waals surface area contributed by atoms with E-state index >= 15 is 0 Å². The van der Waals surface area contributed by atoms with Crippen LogP contribution in [0.3, 0.4) is 0 Å². The van der Waals surface area contributed by atoms with Crippen molar-refractivity contribution >= 4 is 34.8 Å². The van der Waals surface area contributed by atoms with Crippen LogP contribution in [-0.2, 0) is 4.79 Å². The average molecular weight is 486 g/mol. The molecule has 10 heteroatoms. The third kappa shape index (κ3) is 5.35. The van der Waals surface area contributed by atoms with Crippen molar-refractivity contribution in [3.8, 4) is 23.0 Å². The van der Waals surface area contributed by atoms with Crippen LogP contribution in [0.1, 0.15) is 12.5 Å². The first-order valence-corrected chi connectivity index (χ1v) is 11.0. The first kappa shape index (κ1) is 22.8. The van der Waals surface area contributed by atoms with Crippen LogP contribution >= 0.6 is 23.2 Å². The number of carbonyl (C=O) groups is 1. The van der Waals surface area contributed by atoms with E-state index in [9.17, 15) is 4.79 Å². The van der Waals surface area contributed by atoms with Crippen molar-refractivity contribution < 1.29 is 14.3 Å². The van der Waals surface area contributed by atoms with Crippen molar-refractivity contribution in [2.75, 3.05) is 13.2 Å². The molecule has 0 saturated heterocycles. The van der Waals surface area contributed by atoms with Crippen LogP contribution in [-0.4, -0.2) is 45.0 Å². The topological polar surface area (TPSA) is 90.6 Å². The van der Waals surface area contributed by atoms with Gasteiger partial charge in [-0.2, -0.15) is 4.52 Å². The van der Waals surface area contributed by atoms with Crippen LogP contribution in [0.2, 0.25) is 10.0 Å². The number of aryl methyl sites for hydroxylation is 1. The molecule has 0 saturated carbocycles. The molecular formula is C23H21Cl2N5O3. The fraction of sp³-hybridized carbons (Fsp3) is 0.217. The van der Waals surface area contributed by atoms with E-state index < -0.39 is 6.10 Å². The molecule has 0 fully saturated rings. The number of nitrogens with zero attached hydrogens (tertiary/aromatic N) is 4. The van der Waals surface area contributed by atoms with Gasteiger partial charge >= 0.3 is 0 Å². The number of aromatic nitrogens is 4. The zero-order valence-electron chi connectivity index (χ0n) is 18.0. The number of benzene rings is 2. The fourth-order valence-corrected chi connectivity index (χ4v) is 3.42. The Morgan fingerprint density at radius 1 is 1.09 bits per heavy atom. The molecule has 2 heterocycles. The summed E-state index contributed by atoms with van der Waals surface area (Å²) in [4.78, 5) is 12.3. The Hall–Kier alpha value is -3.36. The molecule has 0 spiro atoms. The van der Waals surface area contributed by atoms with Gasteiger partial charge in [0.05, 0.1) is 11.6 Å². The van der Waals surface area contributed by atoms with Gasteiger partial charge in [-0.05, 0) is 55.8 Å². The minimum atomic E-state index is -0.671. The van der Waals surface area contributed by atoms with Gasteiger partial charge in [0.1, 0.15) is 12.4 Å². The highest BCUT2D eigenvalue weighted by atomic mass is 35.5. The highest BCUT2D eigenvalue weighted by Crippen LogP contribution is 2.26. The maximum absolute atomic E-state index is 12.3. The van der Waals surface area contributed by atoms with Crippen molar-refractivity contribution in [2.24, 2.45) is 0 Å². The van der Waals surface area contributed by atoms with Gasteiger partial charge in [0.15, 0.2) is 17.6 Å². The molecule has 33 heavy (non-hydrogen) atoms. The summed E-state index contributed by atoms with van der Waals surface area (Å²) in [5.74, 6) is 1.20. The molecule has 170 valence electrons. The van der Waals surface area contributed by atoms with E-state index in [1.165, 1.54) is 0 Å². The van der Waals surface area contributed by atoms with Gasteiger partial charge < -0.3 is 14.8 Å². The zero-order valence-corrected chi connectivity index (χ0v) is 19.5. The van der Waals surface area contributed by atoms with Crippen LogP contribution < -0.4 is 14.8 Å². The number of amides is 1. The molecule has 0 radical (unpaired) electrons. The first-order valence-electron chi connectivity index (χ1n) is 10.2. The Kier molecular flexibility index (Phi) is 6.96. The van der Waals surface area contributed by atoms with Gasteiger partial charge in [-0.25, -0.2) is 0 Å². The summed E-state index contributed by atoms with van der Waals surface area (Å²) in [5.41, 5.74) is 2.16. The molecule has 8 nitrogen and oxygen atoms in total. The van der Waals surface area contributed by atoms with Gasteiger partial charge in [-0.1, -0.05) is 35.3 Å². The molecule has 1 atom stereocenters. The molecule has 4 rings (SSSR count). The number of rotatable bonds is 8. The van der Waals surface area contributed by atoms with E-state index in [2.05, 4.69) is 20.6 Å². The number of nitrogens with one attached hydrogen (secondary N) is 1. The van der Waals surface area contributed by atoms with Crippen molar-refractivity contribution in [3.05, 3.63) is 70.2 Å². The maximum Gasteiger partial charge on any atom is 0.260 e. The number of ether oxygens (including phenoxy) is 2. The summed E-state index contributed by atoms with van der Waals surface area (Å²) >= 11 is 12.3. The number of carbonyl (C=O) groups excluding carboxylic acids is 1. The second-order valence-electron chi connectivity index (χ2n) is 7.26. The lowest BCUT2D eigenvalue weighted by Crippen LogP contribution is -2.38. The summed E-state index contributed by atoms with van der Waals surface area (Å²) in [6.07, 6.45) is -0.671. The highest BCUT2D eigenvalue weighted by Gasteiger charge is 2.15. The predicted octanol–water partition coefficient (Wildman–Crippen LogP) is 4.37. The third-order valence-corrected chi connectivity index (χ3v) is 5.57. The molecule has 1 N–H and O–H groups in total. The zero-order chi connectivity index (χ0) is 23.4. The van der Waals surface area contributed by atoms with E-state index in [4.69, 9.17) is 32.7 Å². The van der Waals surface area contributed by atoms with E-state index in [0.29, 0.717) is 38.7 Å². The van der Waals surface area contributed by atoms with Crippen LogP contribution in [0, 0.1) is 6.92 Å². The molecule has 0 bridgehead atoms. The number of hydrogen-bond donors (Lipinski definition) is 1. The molecule has 1 amide bonds. The summed E-state index contributed by atoms with van der Waals surface area (Å²) in [5, 5.41) is 16.7. The third-order valence-electron chi connectivity index (χ3n) is 4.82. The molecule has 2 aromatic heterocycles. The van der Waals surface area contributed by atoms with E-state index in [1.807, 2.05) is 25.1 Å². The van der Waals surface area contributed by atoms with Crippen LogP contribution in [0.15, 0.2) is 54.6 Å². The lowest BCUT2D eigenvalue weighted by atomic mass is 10.2. The summed E-state index contributed by atoms with van der Waals surface area (Å²) < 4.78 is 12.9. The van der Waals surface area contributed by atoms with Gasteiger partial charge in [0.25, 0.3) is 5.91 Å². The van der Waals surface area contributed by atoms with Gasteiger partial charge in [-0.15, -0.1) is 15.3 Å². The minimum absolute atomic E-state index is 0.223. The Bertz CT molecular complexity index is 1290. The Morgan fingerprint density at radius 3 is 2.70 bits per heavy atom. The largest absolute Gasteiger partial charge is 0.481 e. The smallest absolute Gasteiger partial charge is 0.260 e. The Labute approximate surface area is 200 Å². The second-order valence-corrected chi connectivity index (χ2v) is 8.07. The van der Waals surface area contributed by atoms with Crippen LogP contribution in [0.25, 0.3) is 17.0 Å². The average Bonchev–Trinajstić information content (AvgIpc) is 3.22. The summed E-state index contributed by atoms with van der Waals surface area (Å²) in [6.45, 7) is 4.06. The van der Waals surface area contributed by atoms with Crippen LogP contribution in [0.5, 0.6) is 11.6 Å². The van der Waals surface area contributed by atoms with Gasteiger partial charge in [0, 0.05) is 16.7 Å². The highest BCUT2D eigenvalue weighted by molar-refractivity contribution is 6.33. The number of hydrogen-bond acceptors (Lipinski definition) is 6. The summed E-state index contributed by atoms with van der Waals surface area (Å²) in [6, 6.07) is 16.0. The minimum Gasteiger partial charge on any atom is -0.481 e. The number of fused-ring (bicyclic) bond motifs is 1. The quantitative estimate of drug-likeness (QED) is 0.372. The maximum atomic E-state index is 12.3. The predicted molar refractivity (Wildman–Crippen MR) is 126 cm³/mol. The normalized spacial score (nSPS) is 11.9. The van der Waals surface area contributed by atoms with E-state index in [1.54, 1.807) is 47.8 Å². The lowest BCUT2D eigenvalue weighted by molar-refractivity contribution is -0.127. The van der Waals surface area contributed by atoms with Gasteiger partial charge in [0.2, 0.25) is 5.88 Å². The van der Waals surface area contributed by atoms with Gasteiger partial charge in [-0.3, -0.25) is 4.79 Å². The molecule has 2 aromatic carbocycles. The SMILES string of the molecule is Cc1cc(OC(C)C(=O)NCCOc2ccc3nnc(-c4ccccc4Cl)n3n2)ccc1Cl. The second kappa shape index (κ2) is 10.1. The van der Waals surface area contributed by atoms with Crippen molar-refractivity contribution in [1.82, 2.24) is 25.1 Å². The molecular weight excluding hydrogens is 465 g/mol. The summed E-state index contributed by atoms with van der Waals surface area (Å²) in [7, 11) is 0. The van der Waals surface area contributed by atoms with Crippen LogP contribution in [0.4, 0.5) is 0 Å². The van der Waals surface area contributed by atoms with E-state index in [0.717, 1.165) is 5.56 Å². The molecule has 0 aliphatic heterocycles. The first-order chi connectivity index (χ1) is 15.9. The molecule has 1 unspecified atom stereocenters. The van der Waals surface area contributed by atoms with Crippen molar-refractivity contribution in [1.29, 1.82) is 0 Å². The lowest BCUT2D eigenvalue weighted by Gasteiger charge is -2.15. The molecule has 4 aromatic rings. The van der Waals surface area contributed by atoms with Crippen molar-refractivity contribution in [2.45, 2.75) is 20.0 Å². The van der Waals surface area contributed by atoms with E-state index in [-0.39, 0.29) is 19.1 Å². The Balaban J connectivity index is 1.32.